The van der Waals surface area contributed by atoms with Crippen LogP contribution in [0, 0.1) is 0 Å². The van der Waals surface area contributed by atoms with Crippen molar-refractivity contribution in [1.82, 2.24) is 9.88 Å². The average Bonchev–Trinajstić information content (AvgIpc) is 3.36. The van der Waals surface area contributed by atoms with Gasteiger partial charge >= 0.3 is 0 Å². The molecular formula is C18H22N2O5S2. The Kier molecular flexibility index (Phi) is 5.43. The predicted octanol–water partition coefficient (Wildman–Crippen LogP) is 2.11. The van der Waals surface area contributed by atoms with Gasteiger partial charge in [0.2, 0.25) is 5.91 Å². The summed E-state index contributed by atoms with van der Waals surface area (Å²) < 4.78 is 35.1. The van der Waals surface area contributed by atoms with Gasteiger partial charge in [0.15, 0.2) is 15.4 Å². The molecule has 0 N–H and O–H groups in total. The maximum absolute atomic E-state index is 12.9. The van der Waals surface area contributed by atoms with Crippen molar-refractivity contribution in [3.8, 4) is 0 Å². The van der Waals surface area contributed by atoms with E-state index in [2.05, 4.69) is 4.98 Å². The summed E-state index contributed by atoms with van der Waals surface area (Å²) in [5.41, 5.74) is 1.44. The molecule has 0 bridgehead atoms. The largest absolute Gasteiger partial charge is 0.431 e. The van der Waals surface area contributed by atoms with Gasteiger partial charge in [0.05, 0.1) is 23.4 Å². The van der Waals surface area contributed by atoms with E-state index in [1.165, 1.54) is 11.8 Å². The lowest BCUT2D eigenvalue weighted by Gasteiger charge is -2.30. The van der Waals surface area contributed by atoms with E-state index in [0.29, 0.717) is 30.4 Å². The van der Waals surface area contributed by atoms with Crippen LogP contribution in [0.15, 0.2) is 33.9 Å². The van der Waals surface area contributed by atoms with Crippen LogP contribution in [0.3, 0.4) is 0 Å². The third-order valence-corrected chi connectivity index (χ3v) is 7.55. The van der Waals surface area contributed by atoms with Crippen LogP contribution in [-0.4, -0.2) is 66.8 Å². The Morgan fingerprint density at radius 3 is 2.85 bits per heavy atom. The molecule has 4 rings (SSSR count). The first kappa shape index (κ1) is 18.8. The van der Waals surface area contributed by atoms with Crippen LogP contribution in [-0.2, 0) is 19.4 Å². The van der Waals surface area contributed by atoms with Crippen LogP contribution >= 0.6 is 11.8 Å². The van der Waals surface area contributed by atoms with Crippen molar-refractivity contribution in [2.24, 2.45) is 0 Å². The summed E-state index contributed by atoms with van der Waals surface area (Å²) in [5.74, 6) is 0.250. The summed E-state index contributed by atoms with van der Waals surface area (Å²) in [6, 6.07) is 7.18. The summed E-state index contributed by atoms with van der Waals surface area (Å²) in [7, 11) is -3.06. The standard InChI is InChI=1S/C18H22N2O5S2/c21-17(11-26-18-19-15-5-1-2-6-16(15)25-18)20(10-14-4-3-8-24-14)13-7-9-27(22,23)12-13/h1-2,5-6,13-14H,3-4,7-12H2/t13-,14-/m0/s1. The van der Waals surface area contributed by atoms with Gasteiger partial charge in [-0.2, -0.15) is 0 Å². The maximum Gasteiger partial charge on any atom is 0.257 e. The summed E-state index contributed by atoms with van der Waals surface area (Å²) in [6.07, 6.45) is 2.37. The van der Waals surface area contributed by atoms with E-state index < -0.39 is 9.84 Å². The molecule has 1 amide bonds. The minimum absolute atomic E-state index is 0.00780. The van der Waals surface area contributed by atoms with Gasteiger partial charge in [-0.3, -0.25) is 4.79 Å². The monoisotopic (exact) mass is 410 g/mol. The molecule has 2 saturated heterocycles. The van der Waals surface area contributed by atoms with Crippen LogP contribution in [0.2, 0.25) is 0 Å². The van der Waals surface area contributed by atoms with E-state index in [9.17, 15) is 13.2 Å². The second-order valence-corrected chi connectivity index (χ2v) is 10.1. The number of thioether (sulfide) groups is 1. The number of carbonyl (C=O) groups excluding carboxylic acids is 1. The fraction of sp³-hybridized carbons (Fsp3) is 0.556. The number of para-hydroxylation sites is 2. The second kappa shape index (κ2) is 7.81. The highest BCUT2D eigenvalue weighted by molar-refractivity contribution is 7.99. The SMILES string of the molecule is O=C(CSc1nc2ccccc2o1)N(C[C@@H]1CCCO1)[C@H]1CCS(=O)(=O)C1. The zero-order valence-electron chi connectivity index (χ0n) is 14.9. The second-order valence-electron chi connectivity index (χ2n) is 6.97. The Morgan fingerprint density at radius 1 is 1.30 bits per heavy atom. The highest BCUT2D eigenvalue weighted by Gasteiger charge is 2.36. The van der Waals surface area contributed by atoms with Crippen molar-refractivity contribution in [3.05, 3.63) is 24.3 Å². The van der Waals surface area contributed by atoms with Crippen molar-refractivity contribution in [3.63, 3.8) is 0 Å². The molecular weight excluding hydrogens is 388 g/mol. The molecule has 3 heterocycles. The molecule has 7 nitrogen and oxygen atoms in total. The van der Waals surface area contributed by atoms with E-state index in [1.54, 1.807) is 4.90 Å². The normalized spacial score (nSPS) is 24.4. The van der Waals surface area contributed by atoms with Gasteiger partial charge in [-0.1, -0.05) is 23.9 Å². The molecule has 27 heavy (non-hydrogen) atoms. The van der Waals surface area contributed by atoms with Crippen molar-refractivity contribution in [2.45, 2.75) is 36.6 Å². The number of aromatic nitrogens is 1. The first-order chi connectivity index (χ1) is 13.0. The van der Waals surface area contributed by atoms with Gasteiger partial charge in [-0.05, 0) is 31.4 Å². The summed E-state index contributed by atoms with van der Waals surface area (Å²) >= 11 is 1.24. The molecule has 146 valence electrons. The smallest absolute Gasteiger partial charge is 0.257 e. The third kappa shape index (κ3) is 4.47. The molecule has 1 aromatic carbocycles. The first-order valence-electron chi connectivity index (χ1n) is 9.10. The number of sulfone groups is 1. The minimum Gasteiger partial charge on any atom is -0.431 e. The number of nitrogens with zero attached hydrogens (tertiary/aromatic N) is 2. The quantitative estimate of drug-likeness (QED) is 0.674. The van der Waals surface area contributed by atoms with Crippen molar-refractivity contribution >= 4 is 38.6 Å². The molecule has 0 radical (unpaired) electrons. The maximum atomic E-state index is 12.9. The number of ether oxygens (including phenoxy) is 1. The molecule has 9 heteroatoms. The van der Waals surface area contributed by atoms with Crippen LogP contribution < -0.4 is 0 Å². The van der Waals surface area contributed by atoms with Crippen LogP contribution in [0.1, 0.15) is 19.3 Å². The molecule has 2 aliphatic heterocycles. The van der Waals surface area contributed by atoms with Crippen molar-refractivity contribution in [1.29, 1.82) is 0 Å². The Morgan fingerprint density at radius 2 is 2.15 bits per heavy atom. The van der Waals surface area contributed by atoms with Crippen molar-refractivity contribution < 1.29 is 22.4 Å². The van der Waals surface area contributed by atoms with Crippen LogP contribution in [0.25, 0.3) is 11.1 Å². The Balaban J connectivity index is 1.44. The molecule has 1 aromatic heterocycles. The number of benzene rings is 1. The van der Waals surface area contributed by atoms with Gasteiger partial charge < -0.3 is 14.1 Å². The molecule has 2 aliphatic rings. The molecule has 0 unspecified atom stereocenters. The van der Waals surface area contributed by atoms with Gasteiger partial charge in [-0.15, -0.1) is 0 Å². The number of rotatable bonds is 6. The van der Waals surface area contributed by atoms with Gasteiger partial charge in [0, 0.05) is 19.2 Å². The number of oxazole rings is 1. The summed E-state index contributed by atoms with van der Waals surface area (Å²) in [4.78, 5) is 19.0. The minimum atomic E-state index is -3.06. The van der Waals surface area contributed by atoms with Crippen molar-refractivity contribution in [2.75, 3.05) is 30.4 Å². The predicted molar refractivity (Wildman–Crippen MR) is 102 cm³/mol. The third-order valence-electron chi connectivity index (χ3n) is 4.99. The topological polar surface area (TPSA) is 89.7 Å². The van der Waals surface area contributed by atoms with E-state index >= 15 is 0 Å². The molecule has 0 saturated carbocycles. The lowest BCUT2D eigenvalue weighted by molar-refractivity contribution is -0.131. The Labute approximate surface area is 162 Å². The highest BCUT2D eigenvalue weighted by atomic mass is 32.2. The Bertz CT molecular complexity index is 888. The lowest BCUT2D eigenvalue weighted by atomic mass is 10.1. The first-order valence-corrected chi connectivity index (χ1v) is 11.9. The number of carbonyl (C=O) groups is 1. The fourth-order valence-electron chi connectivity index (χ4n) is 3.60. The molecule has 0 aliphatic carbocycles. The van der Waals surface area contributed by atoms with Gasteiger partial charge in [-0.25, -0.2) is 13.4 Å². The van der Waals surface area contributed by atoms with E-state index in [0.717, 1.165) is 18.4 Å². The fourth-order valence-corrected chi connectivity index (χ4v) is 6.06. The van der Waals surface area contributed by atoms with Gasteiger partial charge in [0.1, 0.15) is 5.52 Å². The molecule has 2 fully saturated rings. The van der Waals surface area contributed by atoms with E-state index in [4.69, 9.17) is 9.15 Å². The van der Waals surface area contributed by atoms with E-state index in [-0.39, 0.29) is 35.3 Å². The number of fused-ring (bicyclic) bond motifs is 1. The zero-order valence-corrected chi connectivity index (χ0v) is 16.5. The van der Waals surface area contributed by atoms with E-state index in [1.807, 2.05) is 24.3 Å². The van der Waals surface area contributed by atoms with Gasteiger partial charge in [0.25, 0.3) is 5.22 Å². The lowest BCUT2D eigenvalue weighted by Crippen LogP contribution is -2.46. The Hall–Kier alpha value is -1.58. The molecule has 2 aromatic rings. The highest BCUT2D eigenvalue weighted by Crippen LogP contribution is 2.26. The van der Waals surface area contributed by atoms with Crippen LogP contribution in [0.5, 0.6) is 0 Å². The zero-order chi connectivity index (χ0) is 18.9. The molecule has 2 atom stereocenters. The number of amides is 1. The van der Waals surface area contributed by atoms with Crippen LogP contribution in [0.4, 0.5) is 0 Å². The average molecular weight is 411 g/mol. The molecule has 0 spiro atoms. The number of hydrogen-bond donors (Lipinski definition) is 0. The number of hydrogen-bond acceptors (Lipinski definition) is 7. The summed E-state index contributed by atoms with van der Waals surface area (Å²) in [6.45, 7) is 1.15. The summed E-state index contributed by atoms with van der Waals surface area (Å²) in [5, 5.41) is 0.445.